The van der Waals surface area contributed by atoms with Crippen LogP contribution in [-0.2, 0) is 13.5 Å². The fourth-order valence-corrected chi connectivity index (χ4v) is 1.20. The van der Waals surface area contributed by atoms with Crippen LogP contribution in [0.5, 0.6) is 0 Å². The van der Waals surface area contributed by atoms with Crippen molar-refractivity contribution in [2.75, 3.05) is 12.4 Å². The molecule has 1 heterocycles. The first kappa shape index (κ1) is 11.0. The predicted molar refractivity (Wildman–Crippen MR) is 57.1 cm³/mol. The van der Waals surface area contributed by atoms with Crippen LogP contribution in [0.4, 0.5) is 5.95 Å². The molecule has 1 aromatic heterocycles. The molecule has 5 heteroatoms. The Morgan fingerprint density at radius 2 is 2.07 bits per heavy atom. The molecule has 1 atom stereocenters. The maximum atomic E-state index is 5.97. The first-order valence-electron chi connectivity index (χ1n) is 4.87. The van der Waals surface area contributed by atoms with E-state index in [1.165, 1.54) is 0 Å². The van der Waals surface area contributed by atoms with E-state index in [1.54, 1.807) is 0 Å². The minimum absolute atomic E-state index is 0.141. The summed E-state index contributed by atoms with van der Waals surface area (Å²) in [5.74, 6) is 2.16. The minimum atomic E-state index is 0.141. The Morgan fingerprint density at radius 3 is 2.50 bits per heavy atom. The van der Waals surface area contributed by atoms with Gasteiger partial charge in [0.15, 0.2) is 0 Å². The van der Waals surface area contributed by atoms with Gasteiger partial charge in [-0.15, -0.1) is 10.2 Å². The van der Waals surface area contributed by atoms with Crippen molar-refractivity contribution in [2.24, 2.45) is 18.7 Å². The van der Waals surface area contributed by atoms with Gasteiger partial charge in [-0.3, -0.25) is 0 Å². The molecule has 80 valence electrons. The molecule has 1 rings (SSSR count). The van der Waals surface area contributed by atoms with Gasteiger partial charge in [-0.2, -0.15) is 0 Å². The summed E-state index contributed by atoms with van der Waals surface area (Å²) in [7, 11) is 3.77. The normalized spacial score (nSPS) is 13.3. The molecule has 0 aliphatic heterocycles. The van der Waals surface area contributed by atoms with E-state index >= 15 is 0 Å². The van der Waals surface area contributed by atoms with Gasteiger partial charge in [0.1, 0.15) is 5.82 Å². The van der Waals surface area contributed by atoms with Crippen LogP contribution in [0.3, 0.4) is 0 Å². The number of anilines is 1. The van der Waals surface area contributed by atoms with Gasteiger partial charge in [-0.1, -0.05) is 13.8 Å². The van der Waals surface area contributed by atoms with Crippen LogP contribution in [0.25, 0.3) is 0 Å². The summed E-state index contributed by atoms with van der Waals surface area (Å²) in [6.45, 7) is 4.22. The molecule has 0 spiro atoms. The molecule has 0 saturated heterocycles. The first-order valence-corrected chi connectivity index (χ1v) is 4.87. The number of nitrogens with two attached hydrogens (primary N) is 1. The van der Waals surface area contributed by atoms with E-state index in [9.17, 15) is 0 Å². The highest BCUT2D eigenvalue weighted by Crippen LogP contribution is 2.09. The number of hydrogen-bond acceptors (Lipinski definition) is 4. The molecular formula is C9H19N5. The molecule has 0 radical (unpaired) electrons. The highest BCUT2D eigenvalue weighted by molar-refractivity contribution is 5.23. The number of hydrogen-bond donors (Lipinski definition) is 2. The Bertz CT molecular complexity index is 291. The summed E-state index contributed by atoms with van der Waals surface area (Å²) in [6.07, 6.45) is 0.767. The van der Waals surface area contributed by atoms with Gasteiger partial charge in [0.25, 0.3) is 0 Å². The van der Waals surface area contributed by atoms with Gasteiger partial charge in [0.05, 0.1) is 0 Å². The average molecular weight is 197 g/mol. The lowest BCUT2D eigenvalue weighted by Gasteiger charge is -2.14. The highest BCUT2D eigenvalue weighted by atomic mass is 15.3. The largest absolute Gasteiger partial charge is 0.357 e. The van der Waals surface area contributed by atoms with E-state index in [-0.39, 0.29) is 6.04 Å². The number of nitrogens with one attached hydrogen (secondary N) is 1. The molecule has 14 heavy (non-hydrogen) atoms. The van der Waals surface area contributed by atoms with Crippen molar-refractivity contribution in [3.63, 3.8) is 0 Å². The molecule has 1 unspecified atom stereocenters. The van der Waals surface area contributed by atoms with Crippen LogP contribution in [0.1, 0.15) is 19.7 Å². The quantitative estimate of drug-likeness (QED) is 0.732. The third-order valence-corrected chi connectivity index (χ3v) is 2.46. The Hall–Kier alpha value is -1.10. The zero-order valence-electron chi connectivity index (χ0n) is 9.28. The van der Waals surface area contributed by atoms with E-state index in [2.05, 4.69) is 29.4 Å². The maximum absolute atomic E-state index is 5.97. The van der Waals surface area contributed by atoms with Crippen molar-refractivity contribution in [1.82, 2.24) is 14.8 Å². The van der Waals surface area contributed by atoms with Crippen molar-refractivity contribution >= 4 is 5.95 Å². The third kappa shape index (κ3) is 2.23. The van der Waals surface area contributed by atoms with Crippen molar-refractivity contribution in [2.45, 2.75) is 26.3 Å². The smallest absolute Gasteiger partial charge is 0.224 e. The van der Waals surface area contributed by atoms with E-state index in [4.69, 9.17) is 5.73 Å². The second-order valence-electron chi connectivity index (χ2n) is 3.86. The SMILES string of the molecule is CNc1nnc(CC(N)C(C)C)n1C. The monoisotopic (exact) mass is 197 g/mol. The predicted octanol–water partition coefficient (Wildman–Crippen LogP) is 0.383. The Labute approximate surface area is 84.7 Å². The van der Waals surface area contributed by atoms with Gasteiger partial charge >= 0.3 is 0 Å². The molecule has 0 aliphatic carbocycles. The van der Waals surface area contributed by atoms with Crippen LogP contribution >= 0.6 is 0 Å². The van der Waals surface area contributed by atoms with Crippen LogP contribution in [0, 0.1) is 5.92 Å². The van der Waals surface area contributed by atoms with Gasteiger partial charge < -0.3 is 15.6 Å². The van der Waals surface area contributed by atoms with E-state index < -0.39 is 0 Å². The van der Waals surface area contributed by atoms with Gasteiger partial charge in [-0.05, 0) is 5.92 Å². The summed E-state index contributed by atoms with van der Waals surface area (Å²) >= 11 is 0. The number of nitrogens with zero attached hydrogens (tertiary/aromatic N) is 3. The topological polar surface area (TPSA) is 68.8 Å². The number of rotatable bonds is 4. The minimum Gasteiger partial charge on any atom is -0.357 e. The highest BCUT2D eigenvalue weighted by Gasteiger charge is 2.13. The summed E-state index contributed by atoms with van der Waals surface area (Å²) < 4.78 is 1.93. The van der Waals surface area contributed by atoms with Crippen LogP contribution < -0.4 is 11.1 Å². The molecule has 0 aromatic carbocycles. The number of aromatic nitrogens is 3. The lowest BCUT2D eigenvalue weighted by atomic mass is 10.0. The molecule has 0 saturated carbocycles. The molecular weight excluding hydrogens is 178 g/mol. The summed E-state index contributed by atoms with van der Waals surface area (Å²) in [4.78, 5) is 0. The average Bonchev–Trinajstić information content (AvgIpc) is 2.47. The molecule has 0 amide bonds. The third-order valence-electron chi connectivity index (χ3n) is 2.46. The van der Waals surface area contributed by atoms with E-state index in [0.29, 0.717) is 5.92 Å². The van der Waals surface area contributed by atoms with Crippen LogP contribution in [-0.4, -0.2) is 27.9 Å². The Kier molecular flexibility index (Phi) is 3.46. The van der Waals surface area contributed by atoms with Gasteiger partial charge in [0, 0.05) is 26.6 Å². The van der Waals surface area contributed by atoms with Crippen molar-refractivity contribution in [3.8, 4) is 0 Å². The fraction of sp³-hybridized carbons (Fsp3) is 0.778. The standard InChI is InChI=1S/C9H19N5/c1-6(2)7(10)5-8-12-13-9(11-3)14(8)4/h6-7H,5,10H2,1-4H3,(H,11,13). The molecule has 0 fully saturated rings. The van der Waals surface area contributed by atoms with Crippen molar-refractivity contribution < 1.29 is 0 Å². The second kappa shape index (κ2) is 4.41. The zero-order valence-corrected chi connectivity index (χ0v) is 9.28. The van der Waals surface area contributed by atoms with Crippen molar-refractivity contribution in [1.29, 1.82) is 0 Å². The summed E-state index contributed by atoms with van der Waals surface area (Å²) in [5.41, 5.74) is 5.97. The van der Waals surface area contributed by atoms with E-state index in [0.717, 1.165) is 18.2 Å². The van der Waals surface area contributed by atoms with Crippen LogP contribution in [0.2, 0.25) is 0 Å². The van der Waals surface area contributed by atoms with Crippen molar-refractivity contribution in [3.05, 3.63) is 5.82 Å². The summed E-state index contributed by atoms with van der Waals surface area (Å²) in [6, 6.07) is 0.141. The first-order chi connectivity index (χ1) is 6.56. The molecule has 0 aliphatic rings. The van der Waals surface area contributed by atoms with Crippen LogP contribution in [0.15, 0.2) is 0 Å². The Balaban J connectivity index is 2.72. The lowest BCUT2D eigenvalue weighted by molar-refractivity contribution is 0.476. The zero-order chi connectivity index (χ0) is 10.7. The summed E-state index contributed by atoms with van der Waals surface area (Å²) in [5, 5.41) is 11.0. The lowest BCUT2D eigenvalue weighted by Crippen LogP contribution is -2.30. The maximum Gasteiger partial charge on any atom is 0.224 e. The molecule has 0 bridgehead atoms. The van der Waals surface area contributed by atoms with E-state index in [1.807, 2.05) is 18.7 Å². The van der Waals surface area contributed by atoms with Gasteiger partial charge in [-0.25, -0.2) is 0 Å². The fourth-order valence-electron chi connectivity index (χ4n) is 1.20. The van der Waals surface area contributed by atoms with Gasteiger partial charge in [0.2, 0.25) is 5.95 Å². The Morgan fingerprint density at radius 1 is 1.43 bits per heavy atom. The second-order valence-corrected chi connectivity index (χ2v) is 3.86. The molecule has 1 aromatic rings. The molecule has 3 N–H and O–H groups in total. The molecule has 5 nitrogen and oxygen atoms in total.